The lowest BCUT2D eigenvalue weighted by atomic mass is 9.38. The standard InChI is InChI=1S/C99H168/c1-17-18-19-20-21-22-23-24-25-26-27-28-29-30-31-32-59-99(79-55-61-94(12)77(66-79)43-46-81-87-52-49-84(73(9)40-34-37-70(4)5)96(87,14)63-57-90(81)94)68-98(16)78(44-47-82-88-53-50-85(74(10)41-35-38-71(6)7)97(88,15)64-58-91(82)98)67-92(99)75-54-60-93(11)76(65-75)42-45-80-86-51-48-83(72(8)39-33-36-69(2)3)95(86,13)62-56-89(80)93/h24-25,42-44,69-75,79-92H,17-23,26-41,45-68H2,1-16H3/b25-24-/t72-,73-,74-,75?,79?,80?,81?,82+,83-,84-,85-,86?,87?,88+,89?,90?,91+,92?,93+,94+,95-,96-,97-,98+,99?/m1/s1. The van der Waals surface area contributed by atoms with E-state index in [1.165, 1.54) is 289 Å². The van der Waals surface area contributed by atoms with Crippen LogP contribution in [0.4, 0.5) is 0 Å². The van der Waals surface area contributed by atoms with Crippen LogP contribution in [-0.2, 0) is 0 Å². The van der Waals surface area contributed by atoms with Gasteiger partial charge in [0.25, 0.3) is 0 Å². The lowest BCUT2D eigenvalue weighted by molar-refractivity contribution is -0.122. The Kier molecular flexibility index (Phi) is 25.7. The summed E-state index contributed by atoms with van der Waals surface area (Å²) in [4.78, 5) is 0. The molecule has 12 rings (SSSR count). The minimum atomic E-state index is 0.357. The summed E-state index contributed by atoms with van der Waals surface area (Å²) in [5, 5.41) is 0. The van der Waals surface area contributed by atoms with Crippen molar-refractivity contribution in [3.8, 4) is 0 Å². The molecular weight excluding hydrogens is 1190 g/mol. The fourth-order valence-electron chi connectivity index (χ4n) is 31.5. The average Bonchev–Trinajstić information content (AvgIpc) is 1.64. The van der Waals surface area contributed by atoms with E-state index in [0.29, 0.717) is 37.9 Å². The van der Waals surface area contributed by atoms with E-state index in [1.807, 2.05) is 16.7 Å². The Hall–Kier alpha value is -1.04. The molecule has 0 spiro atoms. The fraction of sp³-hybridized carbons (Fsp3) is 0.919. The van der Waals surface area contributed by atoms with E-state index in [4.69, 9.17) is 0 Å². The van der Waals surface area contributed by atoms with Gasteiger partial charge in [-0.25, -0.2) is 0 Å². The van der Waals surface area contributed by atoms with Gasteiger partial charge in [0.1, 0.15) is 0 Å². The molecule has 0 aliphatic heterocycles. The highest BCUT2D eigenvalue weighted by Crippen LogP contribution is 2.76. The molecule has 9 saturated carbocycles. The topological polar surface area (TPSA) is 0 Å². The summed E-state index contributed by atoms with van der Waals surface area (Å²) in [5.41, 5.74) is 9.38. The Morgan fingerprint density at radius 3 is 1.17 bits per heavy atom. The molecule has 0 N–H and O–H groups in total. The summed E-state index contributed by atoms with van der Waals surface area (Å²) in [6, 6.07) is 0. The molecule has 99 heavy (non-hydrogen) atoms. The zero-order valence-electron chi connectivity index (χ0n) is 69.2. The van der Waals surface area contributed by atoms with Crippen LogP contribution in [0.15, 0.2) is 47.1 Å². The second kappa shape index (κ2) is 32.8. The number of fused-ring (bicyclic) bond motifs is 15. The van der Waals surface area contributed by atoms with Crippen LogP contribution in [0.3, 0.4) is 0 Å². The van der Waals surface area contributed by atoms with Crippen LogP contribution < -0.4 is 0 Å². The molecule has 9 fully saturated rings. The van der Waals surface area contributed by atoms with Gasteiger partial charge in [-0.1, -0.05) is 280 Å². The van der Waals surface area contributed by atoms with Crippen molar-refractivity contribution in [2.45, 2.75) is 413 Å². The summed E-state index contributed by atoms with van der Waals surface area (Å²) in [5.74, 6) is 18.9. The largest absolute Gasteiger partial charge is 0.0885 e. The van der Waals surface area contributed by atoms with Gasteiger partial charge in [0.15, 0.2) is 0 Å². The number of unbranched alkanes of at least 4 members (excludes halogenated alkanes) is 12. The number of hydrogen-bond acceptors (Lipinski definition) is 0. The molecule has 0 aromatic heterocycles. The monoisotopic (exact) mass is 1360 g/mol. The van der Waals surface area contributed by atoms with Gasteiger partial charge in [-0.15, -0.1) is 0 Å². The molecule has 12 aliphatic rings. The minimum absolute atomic E-state index is 0.357. The molecule has 0 aromatic rings. The Bertz CT molecular complexity index is 2690. The van der Waals surface area contributed by atoms with E-state index >= 15 is 0 Å². The van der Waals surface area contributed by atoms with Gasteiger partial charge in [-0.3, -0.25) is 0 Å². The zero-order chi connectivity index (χ0) is 70.1. The first-order valence-electron chi connectivity index (χ1n) is 46.2. The molecular formula is C99H168. The zero-order valence-corrected chi connectivity index (χ0v) is 69.2. The lowest BCUT2D eigenvalue weighted by Gasteiger charge is -2.67. The second-order valence-electron chi connectivity index (χ2n) is 43.2. The van der Waals surface area contributed by atoms with Crippen molar-refractivity contribution in [3.63, 3.8) is 0 Å². The molecule has 0 bridgehead atoms. The van der Waals surface area contributed by atoms with E-state index in [-0.39, 0.29) is 0 Å². The molecule has 0 heterocycles. The molecule has 12 aliphatic carbocycles. The van der Waals surface area contributed by atoms with E-state index in [1.54, 1.807) is 12.8 Å². The molecule has 25 atom stereocenters. The molecule has 0 nitrogen and oxygen atoms in total. The second-order valence-corrected chi connectivity index (χ2v) is 43.2. The van der Waals surface area contributed by atoms with E-state index in [9.17, 15) is 0 Å². The van der Waals surface area contributed by atoms with Crippen molar-refractivity contribution < 1.29 is 0 Å². The Balaban J connectivity index is 0.836. The van der Waals surface area contributed by atoms with E-state index < -0.39 is 0 Å². The number of hydrogen-bond donors (Lipinski definition) is 0. The van der Waals surface area contributed by atoms with Crippen molar-refractivity contribution in [2.24, 2.45) is 162 Å². The lowest BCUT2D eigenvalue weighted by Crippen LogP contribution is -2.58. The molecule has 0 heteroatoms. The van der Waals surface area contributed by atoms with Gasteiger partial charge >= 0.3 is 0 Å². The van der Waals surface area contributed by atoms with Gasteiger partial charge in [0, 0.05) is 0 Å². The summed E-state index contributed by atoms with van der Waals surface area (Å²) in [7, 11) is 0. The highest BCUT2D eigenvalue weighted by Gasteiger charge is 2.67. The molecule has 0 radical (unpaired) electrons. The maximum Gasteiger partial charge on any atom is -0.00797 e. The molecule has 0 aromatic carbocycles. The molecule has 10 unspecified atom stereocenters. The van der Waals surface area contributed by atoms with Gasteiger partial charge in [-0.05, 0) is 342 Å². The average molecular weight is 1360 g/mol. The Morgan fingerprint density at radius 2 is 0.737 bits per heavy atom. The first kappa shape index (κ1) is 77.6. The smallest absolute Gasteiger partial charge is 0.00797 e. The van der Waals surface area contributed by atoms with Gasteiger partial charge in [0.2, 0.25) is 0 Å². The van der Waals surface area contributed by atoms with Crippen molar-refractivity contribution in [2.75, 3.05) is 0 Å². The predicted molar refractivity (Wildman–Crippen MR) is 431 cm³/mol. The van der Waals surface area contributed by atoms with Crippen molar-refractivity contribution >= 4 is 0 Å². The van der Waals surface area contributed by atoms with Crippen LogP contribution in [0.2, 0.25) is 0 Å². The molecule has 564 valence electrons. The third kappa shape index (κ3) is 15.4. The Labute approximate surface area is 618 Å². The summed E-state index contributed by atoms with van der Waals surface area (Å²) >= 11 is 0. The highest BCUT2D eigenvalue weighted by molar-refractivity contribution is 5.33. The van der Waals surface area contributed by atoms with Crippen molar-refractivity contribution in [1.82, 2.24) is 0 Å². The maximum absolute atomic E-state index is 3.09. The molecule has 0 amide bonds. The first-order valence-corrected chi connectivity index (χ1v) is 46.2. The third-order valence-corrected chi connectivity index (χ3v) is 36.9. The normalized spacial score (nSPS) is 43.3. The minimum Gasteiger partial charge on any atom is -0.0885 e. The van der Waals surface area contributed by atoms with Crippen LogP contribution >= 0.6 is 0 Å². The first-order chi connectivity index (χ1) is 47.4. The highest BCUT2D eigenvalue weighted by atomic mass is 14.7. The summed E-state index contributed by atoms with van der Waals surface area (Å²) < 4.78 is 0. The number of allylic oxidation sites excluding steroid dienone is 8. The predicted octanol–water partition coefficient (Wildman–Crippen LogP) is 31.0. The number of rotatable bonds is 33. The quantitative estimate of drug-likeness (QED) is 0.0454. The third-order valence-electron chi connectivity index (χ3n) is 36.9. The van der Waals surface area contributed by atoms with Gasteiger partial charge in [-0.2, -0.15) is 0 Å². The summed E-state index contributed by atoms with van der Waals surface area (Å²) in [6.45, 7) is 42.7. The van der Waals surface area contributed by atoms with Crippen LogP contribution in [0, 0.1) is 162 Å². The summed E-state index contributed by atoms with van der Waals surface area (Å²) in [6.07, 6.45) is 83.3. The van der Waals surface area contributed by atoms with E-state index in [2.05, 4.69) is 141 Å². The SMILES string of the molecule is CCCCCCCC/C=C\CCCCCCCCC1(C2CC[C@@]3(C)C(=CCC4C3CC[C@@]3(C)C4CC[C@@H]3[C@H](C)CCCC(C)C)C2)C[C@@]2(C)C(=CC[C@H]3[C@@H]4CC[C@H]([C@H](C)CCCC(C)C)[C@@]4(C)CC[C@@H]32)CC1C1CC[C@@]2(C)C(=CCC3C2CC[C@@]2(C)C3CC[C@@H]2[C@H](C)CCCC(C)C)C1. The van der Waals surface area contributed by atoms with Crippen LogP contribution in [0.1, 0.15) is 413 Å². The fourth-order valence-corrected chi connectivity index (χ4v) is 31.5. The van der Waals surface area contributed by atoms with Gasteiger partial charge in [0.05, 0.1) is 0 Å². The maximum atomic E-state index is 3.09. The van der Waals surface area contributed by atoms with Gasteiger partial charge < -0.3 is 0 Å². The Morgan fingerprint density at radius 1 is 0.354 bits per heavy atom. The van der Waals surface area contributed by atoms with Crippen molar-refractivity contribution in [3.05, 3.63) is 47.1 Å². The molecule has 0 saturated heterocycles. The van der Waals surface area contributed by atoms with Crippen LogP contribution in [0.25, 0.3) is 0 Å². The van der Waals surface area contributed by atoms with Crippen molar-refractivity contribution in [1.29, 1.82) is 0 Å². The van der Waals surface area contributed by atoms with Crippen LogP contribution in [0.5, 0.6) is 0 Å². The van der Waals surface area contributed by atoms with E-state index in [0.717, 1.165) is 124 Å². The van der Waals surface area contributed by atoms with Crippen LogP contribution in [-0.4, -0.2) is 0 Å².